The Kier molecular flexibility index (Phi) is 3.52. The zero-order valence-corrected chi connectivity index (χ0v) is 10.3. The normalized spacial score (nSPS) is 18.1. The number of halogens is 1. The Balaban J connectivity index is 1.99. The number of carboxylic acid groups (broad SMARTS) is 1. The van der Waals surface area contributed by atoms with Gasteiger partial charge in [-0.25, -0.2) is 0 Å². The van der Waals surface area contributed by atoms with Crippen LogP contribution in [0.4, 0.5) is 0 Å². The highest BCUT2D eigenvalue weighted by atomic mass is 35.5. The SMILES string of the molecule is O=C(O)CCCC1(c2ccc(Cl)s2)COC1. The van der Waals surface area contributed by atoms with E-state index in [1.54, 1.807) is 11.3 Å². The Hall–Kier alpha value is -0.580. The predicted molar refractivity (Wildman–Crippen MR) is 63.3 cm³/mol. The first-order chi connectivity index (χ1) is 7.62. The van der Waals surface area contributed by atoms with Crippen molar-refractivity contribution in [2.45, 2.75) is 24.7 Å². The maximum Gasteiger partial charge on any atom is 0.303 e. The molecule has 2 heterocycles. The molecule has 0 bridgehead atoms. The first kappa shape index (κ1) is 11.9. The summed E-state index contributed by atoms with van der Waals surface area (Å²) in [5, 5.41) is 8.63. The van der Waals surface area contributed by atoms with Crippen LogP contribution < -0.4 is 0 Å². The number of ether oxygens (including phenoxy) is 1. The maximum absolute atomic E-state index is 10.5. The molecule has 16 heavy (non-hydrogen) atoms. The van der Waals surface area contributed by atoms with Crippen molar-refractivity contribution in [1.29, 1.82) is 0 Å². The van der Waals surface area contributed by atoms with Crippen molar-refractivity contribution >= 4 is 28.9 Å². The van der Waals surface area contributed by atoms with Crippen LogP contribution in [0.3, 0.4) is 0 Å². The molecule has 1 aromatic heterocycles. The molecule has 0 spiro atoms. The number of hydrogen-bond donors (Lipinski definition) is 1. The number of aliphatic carboxylic acids is 1. The molecule has 1 aromatic rings. The number of carbonyl (C=O) groups is 1. The molecule has 0 aliphatic carbocycles. The Morgan fingerprint density at radius 1 is 1.56 bits per heavy atom. The molecule has 0 saturated carbocycles. The summed E-state index contributed by atoms with van der Waals surface area (Å²) in [6.07, 6.45) is 1.77. The van der Waals surface area contributed by atoms with E-state index < -0.39 is 5.97 Å². The van der Waals surface area contributed by atoms with Crippen molar-refractivity contribution in [1.82, 2.24) is 0 Å². The average molecular weight is 261 g/mol. The zero-order chi connectivity index (χ0) is 11.6. The standard InChI is InChI=1S/C11H13ClO3S/c12-9-4-3-8(16-9)11(6-15-7-11)5-1-2-10(13)14/h3-4H,1-2,5-7H2,(H,13,14). The van der Waals surface area contributed by atoms with Crippen molar-refractivity contribution in [2.75, 3.05) is 13.2 Å². The van der Waals surface area contributed by atoms with E-state index in [1.807, 2.05) is 12.1 Å². The van der Waals surface area contributed by atoms with Crippen LogP contribution in [0.25, 0.3) is 0 Å². The molecule has 0 radical (unpaired) electrons. The minimum absolute atomic E-state index is 0.0211. The van der Waals surface area contributed by atoms with E-state index in [4.69, 9.17) is 21.4 Å². The molecule has 0 atom stereocenters. The van der Waals surface area contributed by atoms with Crippen LogP contribution in [-0.4, -0.2) is 24.3 Å². The van der Waals surface area contributed by atoms with Crippen LogP contribution in [0.2, 0.25) is 4.34 Å². The summed E-state index contributed by atoms with van der Waals surface area (Å²) in [5.74, 6) is -0.736. The topological polar surface area (TPSA) is 46.5 Å². The lowest BCUT2D eigenvalue weighted by atomic mass is 9.79. The Bertz CT molecular complexity index is 384. The van der Waals surface area contributed by atoms with Crippen LogP contribution in [0.15, 0.2) is 12.1 Å². The summed E-state index contributed by atoms with van der Waals surface area (Å²) in [4.78, 5) is 11.7. The number of rotatable bonds is 5. The molecule has 1 aliphatic heterocycles. The Morgan fingerprint density at radius 3 is 2.75 bits per heavy atom. The molecule has 2 rings (SSSR count). The van der Waals surface area contributed by atoms with Crippen molar-refractivity contribution in [3.05, 3.63) is 21.3 Å². The quantitative estimate of drug-likeness (QED) is 0.885. The summed E-state index contributed by atoms with van der Waals surface area (Å²) >= 11 is 7.48. The molecule has 0 unspecified atom stereocenters. The molecule has 1 saturated heterocycles. The van der Waals surface area contributed by atoms with Gasteiger partial charge in [-0.2, -0.15) is 0 Å². The first-order valence-electron chi connectivity index (χ1n) is 5.18. The Morgan fingerprint density at radius 2 is 2.31 bits per heavy atom. The van der Waals surface area contributed by atoms with E-state index >= 15 is 0 Å². The molecule has 0 aromatic carbocycles. The van der Waals surface area contributed by atoms with Crippen LogP contribution in [-0.2, 0) is 14.9 Å². The van der Waals surface area contributed by atoms with Crippen LogP contribution in [0.5, 0.6) is 0 Å². The van der Waals surface area contributed by atoms with Gasteiger partial charge in [0.2, 0.25) is 0 Å². The molecule has 0 amide bonds. The molecule has 1 fully saturated rings. The Labute approximate surface area is 103 Å². The number of carboxylic acids is 1. The lowest BCUT2D eigenvalue weighted by Crippen LogP contribution is -2.46. The summed E-state index contributed by atoms with van der Waals surface area (Å²) in [6.45, 7) is 1.37. The number of thiophene rings is 1. The smallest absolute Gasteiger partial charge is 0.303 e. The van der Waals surface area contributed by atoms with E-state index in [2.05, 4.69) is 0 Å². The van der Waals surface area contributed by atoms with Crippen LogP contribution in [0, 0.1) is 0 Å². The minimum Gasteiger partial charge on any atom is -0.481 e. The van der Waals surface area contributed by atoms with Gasteiger partial charge in [0.25, 0.3) is 0 Å². The second-order valence-corrected chi connectivity index (χ2v) is 5.84. The summed E-state index contributed by atoms with van der Waals surface area (Å²) in [6, 6.07) is 3.91. The number of hydrogen-bond acceptors (Lipinski definition) is 3. The predicted octanol–water partition coefficient (Wildman–Crippen LogP) is 2.92. The largest absolute Gasteiger partial charge is 0.481 e. The van der Waals surface area contributed by atoms with Gasteiger partial charge in [-0.1, -0.05) is 11.6 Å². The van der Waals surface area contributed by atoms with E-state index in [1.165, 1.54) is 4.88 Å². The van der Waals surface area contributed by atoms with Gasteiger partial charge < -0.3 is 9.84 Å². The highest BCUT2D eigenvalue weighted by Gasteiger charge is 2.40. The van der Waals surface area contributed by atoms with Crippen molar-refractivity contribution in [3.8, 4) is 0 Å². The minimum atomic E-state index is -0.736. The van der Waals surface area contributed by atoms with Crippen molar-refractivity contribution in [3.63, 3.8) is 0 Å². The molecule has 3 nitrogen and oxygen atoms in total. The van der Waals surface area contributed by atoms with Crippen molar-refractivity contribution in [2.24, 2.45) is 0 Å². The van der Waals surface area contributed by atoms with Crippen molar-refractivity contribution < 1.29 is 14.6 Å². The average Bonchev–Trinajstić information content (AvgIpc) is 2.56. The zero-order valence-electron chi connectivity index (χ0n) is 8.74. The third kappa shape index (κ3) is 2.39. The lowest BCUT2D eigenvalue weighted by Gasteiger charge is -2.41. The van der Waals surface area contributed by atoms with Crippen LogP contribution in [0.1, 0.15) is 24.1 Å². The highest BCUT2D eigenvalue weighted by molar-refractivity contribution is 7.16. The summed E-state index contributed by atoms with van der Waals surface area (Å²) in [7, 11) is 0. The van der Waals surface area contributed by atoms with Gasteiger partial charge in [0.15, 0.2) is 0 Å². The lowest BCUT2D eigenvalue weighted by molar-refractivity contribution is -0.137. The van der Waals surface area contributed by atoms with Gasteiger partial charge >= 0.3 is 5.97 Å². The second kappa shape index (κ2) is 4.73. The fourth-order valence-electron chi connectivity index (χ4n) is 1.94. The monoisotopic (exact) mass is 260 g/mol. The van der Waals surface area contributed by atoms with E-state index in [0.717, 1.165) is 10.8 Å². The van der Waals surface area contributed by atoms with E-state index in [0.29, 0.717) is 19.6 Å². The molecular formula is C11H13ClO3S. The summed E-state index contributed by atoms with van der Waals surface area (Å²) < 4.78 is 6.05. The molecule has 1 aliphatic rings. The van der Waals surface area contributed by atoms with Gasteiger partial charge in [-0.3, -0.25) is 4.79 Å². The van der Waals surface area contributed by atoms with Crippen LogP contribution >= 0.6 is 22.9 Å². The van der Waals surface area contributed by atoms with Gasteiger partial charge in [-0.15, -0.1) is 11.3 Å². The van der Waals surface area contributed by atoms with E-state index in [9.17, 15) is 4.79 Å². The second-order valence-electron chi connectivity index (χ2n) is 4.12. The molecule has 5 heteroatoms. The molecular weight excluding hydrogens is 248 g/mol. The van der Waals surface area contributed by atoms with Gasteiger partial charge in [0, 0.05) is 11.3 Å². The fraction of sp³-hybridized carbons (Fsp3) is 0.545. The van der Waals surface area contributed by atoms with Gasteiger partial charge in [-0.05, 0) is 25.0 Å². The third-order valence-corrected chi connectivity index (χ3v) is 4.38. The third-order valence-electron chi connectivity index (χ3n) is 2.90. The highest BCUT2D eigenvalue weighted by Crippen LogP contribution is 2.41. The molecule has 88 valence electrons. The van der Waals surface area contributed by atoms with Gasteiger partial charge in [0.05, 0.1) is 23.0 Å². The van der Waals surface area contributed by atoms with E-state index in [-0.39, 0.29) is 11.8 Å². The van der Waals surface area contributed by atoms with Gasteiger partial charge in [0.1, 0.15) is 0 Å². The first-order valence-corrected chi connectivity index (χ1v) is 6.37. The molecule has 1 N–H and O–H groups in total. The maximum atomic E-state index is 10.5. The summed E-state index contributed by atoms with van der Waals surface area (Å²) in [5.41, 5.74) is 0.0211. The fourth-order valence-corrected chi connectivity index (χ4v) is 3.17.